The molecule has 0 saturated carbocycles. The Morgan fingerprint density at radius 2 is 2.08 bits per heavy atom. The predicted octanol–water partition coefficient (Wildman–Crippen LogP) is 2.68. The molecule has 138 valence electrons. The SMILES string of the molecule is COc1ccccc1C(=O)N1CCO[C@@H](c2cc(N(C)C)cc(C)n2)C1. The van der Waals surface area contributed by atoms with Crippen LogP contribution < -0.4 is 9.64 Å². The Bertz CT molecular complexity index is 792. The second kappa shape index (κ2) is 7.74. The first-order valence-corrected chi connectivity index (χ1v) is 8.69. The summed E-state index contributed by atoms with van der Waals surface area (Å²) < 4.78 is 11.3. The first-order valence-electron chi connectivity index (χ1n) is 8.69. The van der Waals surface area contributed by atoms with Gasteiger partial charge in [-0.1, -0.05) is 12.1 Å². The molecular formula is C20H25N3O3. The van der Waals surface area contributed by atoms with Gasteiger partial charge in [0.2, 0.25) is 0 Å². The zero-order chi connectivity index (χ0) is 18.7. The first kappa shape index (κ1) is 18.2. The van der Waals surface area contributed by atoms with E-state index in [1.165, 1.54) is 0 Å². The Hall–Kier alpha value is -2.60. The lowest BCUT2D eigenvalue weighted by Gasteiger charge is -2.33. The fourth-order valence-electron chi connectivity index (χ4n) is 3.10. The summed E-state index contributed by atoms with van der Waals surface area (Å²) in [5, 5.41) is 0. The summed E-state index contributed by atoms with van der Waals surface area (Å²) in [6.45, 7) is 3.48. The van der Waals surface area contributed by atoms with Gasteiger partial charge in [0, 0.05) is 32.0 Å². The van der Waals surface area contributed by atoms with Crippen LogP contribution in [0.5, 0.6) is 5.75 Å². The van der Waals surface area contributed by atoms with Crippen molar-refractivity contribution in [2.75, 3.05) is 45.8 Å². The maximum atomic E-state index is 13.0. The summed E-state index contributed by atoms with van der Waals surface area (Å²) in [7, 11) is 5.57. The van der Waals surface area contributed by atoms with Crippen LogP contribution in [0.3, 0.4) is 0 Å². The van der Waals surface area contributed by atoms with Crippen LogP contribution in [0, 0.1) is 6.92 Å². The van der Waals surface area contributed by atoms with Crippen LogP contribution in [0.15, 0.2) is 36.4 Å². The molecule has 2 heterocycles. The molecule has 1 fully saturated rings. The Morgan fingerprint density at radius 3 is 2.81 bits per heavy atom. The molecule has 0 unspecified atom stereocenters. The maximum absolute atomic E-state index is 13.0. The van der Waals surface area contributed by atoms with Gasteiger partial charge in [-0.3, -0.25) is 9.78 Å². The van der Waals surface area contributed by atoms with Crippen molar-refractivity contribution >= 4 is 11.6 Å². The van der Waals surface area contributed by atoms with Crippen molar-refractivity contribution in [1.29, 1.82) is 0 Å². The minimum Gasteiger partial charge on any atom is -0.496 e. The van der Waals surface area contributed by atoms with Crippen molar-refractivity contribution in [3.8, 4) is 5.75 Å². The molecular weight excluding hydrogens is 330 g/mol. The number of anilines is 1. The number of morpholine rings is 1. The normalized spacial score (nSPS) is 17.1. The van der Waals surface area contributed by atoms with Crippen molar-refractivity contribution in [3.05, 3.63) is 53.3 Å². The van der Waals surface area contributed by atoms with Gasteiger partial charge in [-0.25, -0.2) is 0 Å². The summed E-state index contributed by atoms with van der Waals surface area (Å²) in [5.41, 5.74) is 3.43. The molecule has 0 N–H and O–H groups in total. The van der Waals surface area contributed by atoms with Crippen LogP contribution in [0.4, 0.5) is 5.69 Å². The van der Waals surface area contributed by atoms with Gasteiger partial charge in [-0.15, -0.1) is 0 Å². The van der Waals surface area contributed by atoms with Gasteiger partial charge in [-0.2, -0.15) is 0 Å². The Balaban J connectivity index is 1.82. The summed E-state index contributed by atoms with van der Waals surface area (Å²) in [5.74, 6) is 0.542. The lowest BCUT2D eigenvalue weighted by Crippen LogP contribution is -2.42. The molecule has 0 spiro atoms. The van der Waals surface area contributed by atoms with Crippen LogP contribution in [-0.4, -0.2) is 56.7 Å². The Labute approximate surface area is 154 Å². The van der Waals surface area contributed by atoms with Crippen molar-refractivity contribution in [1.82, 2.24) is 9.88 Å². The lowest BCUT2D eigenvalue weighted by atomic mass is 10.1. The monoisotopic (exact) mass is 355 g/mol. The van der Waals surface area contributed by atoms with E-state index in [0.717, 1.165) is 17.1 Å². The zero-order valence-electron chi connectivity index (χ0n) is 15.7. The Morgan fingerprint density at radius 1 is 1.31 bits per heavy atom. The smallest absolute Gasteiger partial charge is 0.257 e. The molecule has 2 aromatic rings. The molecule has 0 bridgehead atoms. The average Bonchev–Trinajstić information content (AvgIpc) is 2.67. The molecule has 1 amide bonds. The number of rotatable bonds is 4. The highest BCUT2D eigenvalue weighted by atomic mass is 16.5. The van der Waals surface area contributed by atoms with E-state index in [-0.39, 0.29) is 12.0 Å². The van der Waals surface area contributed by atoms with E-state index < -0.39 is 0 Å². The highest BCUT2D eigenvalue weighted by molar-refractivity contribution is 5.97. The fourth-order valence-corrected chi connectivity index (χ4v) is 3.10. The molecule has 6 heteroatoms. The van der Waals surface area contributed by atoms with Crippen molar-refractivity contribution in [2.24, 2.45) is 0 Å². The quantitative estimate of drug-likeness (QED) is 0.844. The number of pyridine rings is 1. The van der Waals surface area contributed by atoms with Crippen molar-refractivity contribution < 1.29 is 14.3 Å². The van der Waals surface area contributed by atoms with Gasteiger partial charge >= 0.3 is 0 Å². The van der Waals surface area contributed by atoms with E-state index >= 15 is 0 Å². The van der Waals surface area contributed by atoms with E-state index in [2.05, 4.69) is 4.98 Å². The molecule has 3 rings (SSSR count). The van der Waals surface area contributed by atoms with Gasteiger partial charge in [0.25, 0.3) is 5.91 Å². The topological polar surface area (TPSA) is 54.9 Å². The number of carbonyl (C=O) groups excluding carboxylic acids is 1. The van der Waals surface area contributed by atoms with Crippen LogP contribution in [0.2, 0.25) is 0 Å². The fraction of sp³-hybridized carbons (Fsp3) is 0.400. The molecule has 1 saturated heterocycles. The van der Waals surface area contributed by atoms with Crippen LogP contribution in [0.1, 0.15) is 27.8 Å². The first-order chi connectivity index (χ1) is 12.5. The summed E-state index contributed by atoms with van der Waals surface area (Å²) in [6, 6.07) is 11.4. The van der Waals surface area contributed by atoms with Crippen LogP contribution >= 0.6 is 0 Å². The van der Waals surface area contributed by atoms with Crippen LogP contribution in [-0.2, 0) is 4.74 Å². The molecule has 1 aliphatic heterocycles. The highest BCUT2D eigenvalue weighted by Crippen LogP contribution is 2.27. The number of hydrogen-bond donors (Lipinski definition) is 0. The number of carbonyl (C=O) groups is 1. The van der Waals surface area contributed by atoms with E-state index in [4.69, 9.17) is 9.47 Å². The second-order valence-corrected chi connectivity index (χ2v) is 6.60. The summed E-state index contributed by atoms with van der Waals surface area (Å²) in [4.78, 5) is 21.4. The number of methoxy groups -OCH3 is 1. The minimum atomic E-state index is -0.235. The van der Waals surface area contributed by atoms with Gasteiger partial charge in [0.15, 0.2) is 0 Å². The van der Waals surface area contributed by atoms with Gasteiger partial charge in [0.1, 0.15) is 11.9 Å². The zero-order valence-corrected chi connectivity index (χ0v) is 15.7. The molecule has 0 radical (unpaired) electrons. The summed E-state index contributed by atoms with van der Waals surface area (Å²) in [6.07, 6.45) is -0.235. The number of amides is 1. The molecule has 26 heavy (non-hydrogen) atoms. The largest absolute Gasteiger partial charge is 0.496 e. The predicted molar refractivity (Wildman–Crippen MR) is 101 cm³/mol. The van der Waals surface area contributed by atoms with Gasteiger partial charge in [-0.05, 0) is 31.2 Å². The van der Waals surface area contributed by atoms with Gasteiger partial charge < -0.3 is 19.3 Å². The summed E-state index contributed by atoms with van der Waals surface area (Å²) >= 11 is 0. The molecule has 1 aromatic carbocycles. The molecule has 1 atom stereocenters. The molecule has 1 aromatic heterocycles. The van der Waals surface area contributed by atoms with E-state index in [1.54, 1.807) is 19.2 Å². The highest BCUT2D eigenvalue weighted by Gasteiger charge is 2.28. The Kier molecular flexibility index (Phi) is 5.42. The average molecular weight is 355 g/mol. The third-order valence-electron chi connectivity index (χ3n) is 4.50. The third-order valence-corrected chi connectivity index (χ3v) is 4.50. The standard InChI is InChI=1S/C20H25N3O3/c1-14-11-15(22(2)3)12-17(21-14)19-13-23(9-10-26-19)20(24)16-7-5-6-8-18(16)25-4/h5-8,11-12,19H,9-10,13H2,1-4H3/t19-/m1/s1. The van der Waals surface area contributed by atoms with Crippen molar-refractivity contribution in [2.45, 2.75) is 13.0 Å². The van der Waals surface area contributed by atoms with E-state index in [0.29, 0.717) is 31.0 Å². The number of ether oxygens (including phenoxy) is 2. The maximum Gasteiger partial charge on any atom is 0.257 e. The molecule has 0 aliphatic carbocycles. The minimum absolute atomic E-state index is 0.0452. The number of aryl methyl sites for hydroxylation is 1. The number of benzene rings is 1. The number of para-hydroxylation sites is 1. The van der Waals surface area contributed by atoms with Crippen molar-refractivity contribution in [3.63, 3.8) is 0 Å². The van der Waals surface area contributed by atoms with E-state index in [1.807, 2.05) is 55.1 Å². The molecule has 1 aliphatic rings. The molecule has 6 nitrogen and oxygen atoms in total. The third kappa shape index (κ3) is 3.80. The van der Waals surface area contributed by atoms with Gasteiger partial charge in [0.05, 0.1) is 31.5 Å². The number of nitrogens with zero attached hydrogens (tertiary/aromatic N) is 3. The van der Waals surface area contributed by atoms with Crippen LogP contribution in [0.25, 0.3) is 0 Å². The lowest BCUT2D eigenvalue weighted by molar-refractivity contribution is -0.0248. The number of hydrogen-bond acceptors (Lipinski definition) is 5. The van der Waals surface area contributed by atoms with E-state index in [9.17, 15) is 4.79 Å². The second-order valence-electron chi connectivity index (χ2n) is 6.60. The number of aromatic nitrogens is 1.